The van der Waals surface area contributed by atoms with E-state index in [1.165, 1.54) is 0 Å². The van der Waals surface area contributed by atoms with Crippen LogP contribution in [-0.2, 0) is 0 Å². The zero-order valence-electron chi connectivity index (χ0n) is 12.5. The van der Waals surface area contributed by atoms with Crippen molar-refractivity contribution in [2.45, 2.75) is 45.3 Å². The van der Waals surface area contributed by atoms with Crippen molar-refractivity contribution in [1.82, 2.24) is 4.90 Å². The number of nitrogens with two attached hydrogens (primary N) is 1. The molecule has 0 unspecified atom stereocenters. The highest BCUT2D eigenvalue weighted by Crippen LogP contribution is 2.29. The number of ether oxygens (including phenoxy) is 1. The molecule has 0 atom stereocenters. The highest BCUT2D eigenvalue weighted by molar-refractivity contribution is 7.80. The second-order valence-corrected chi connectivity index (χ2v) is 6.16. The monoisotopic (exact) mass is 306 g/mol. The number of thiocarbonyl (C=S) groups is 1. The quantitative estimate of drug-likeness (QED) is 0.787. The van der Waals surface area contributed by atoms with E-state index in [0.29, 0.717) is 29.6 Å². The summed E-state index contributed by atoms with van der Waals surface area (Å²) in [7, 11) is 0. The van der Waals surface area contributed by atoms with E-state index in [4.69, 9.17) is 22.7 Å². The summed E-state index contributed by atoms with van der Waals surface area (Å²) >= 11 is 4.91. The second-order valence-electron chi connectivity index (χ2n) is 5.64. The highest BCUT2D eigenvalue weighted by Gasteiger charge is 2.32. The second kappa shape index (κ2) is 6.89. The van der Waals surface area contributed by atoms with Gasteiger partial charge in [0.15, 0.2) is 0 Å². The lowest BCUT2D eigenvalue weighted by atomic mass is 10.1. The number of carbonyl (C=O) groups is 1. The van der Waals surface area contributed by atoms with Crippen molar-refractivity contribution in [1.29, 1.82) is 0 Å². The van der Waals surface area contributed by atoms with E-state index in [1.807, 2.05) is 36.9 Å². The van der Waals surface area contributed by atoms with Crippen LogP contribution in [0.3, 0.4) is 0 Å². The Morgan fingerprint density at radius 2 is 2.19 bits per heavy atom. The summed E-state index contributed by atoms with van der Waals surface area (Å²) in [5.41, 5.74) is 6.21. The third kappa shape index (κ3) is 4.70. The van der Waals surface area contributed by atoms with Gasteiger partial charge in [-0.05, 0) is 44.9 Å². The molecule has 0 heterocycles. The zero-order chi connectivity index (χ0) is 15.4. The molecule has 1 fully saturated rings. The molecule has 1 aliphatic carbocycles. The molecule has 1 aromatic carbocycles. The van der Waals surface area contributed by atoms with Gasteiger partial charge in [0.05, 0.1) is 11.1 Å². The number of benzene rings is 1. The molecular formula is C16H22N2O2S. The molecule has 1 aliphatic rings. The molecule has 0 aliphatic heterocycles. The molecular weight excluding hydrogens is 284 g/mol. The van der Waals surface area contributed by atoms with Crippen LogP contribution in [0.2, 0.25) is 0 Å². The predicted molar refractivity (Wildman–Crippen MR) is 87.7 cm³/mol. The Kier molecular flexibility index (Phi) is 5.17. The largest absolute Gasteiger partial charge is 0.491 e. The lowest BCUT2D eigenvalue weighted by Crippen LogP contribution is -2.35. The van der Waals surface area contributed by atoms with Crippen LogP contribution in [0.1, 0.15) is 43.5 Å². The maximum atomic E-state index is 12.7. The van der Waals surface area contributed by atoms with Crippen molar-refractivity contribution in [3.05, 3.63) is 29.8 Å². The van der Waals surface area contributed by atoms with E-state index in [9.17, 15) is 4.79 Å². The maximum absolute atomic E-state index is 12.7. The summed E-state index contributed by atoms with van der Waals surface area (Å²) in [6, 6.07) is 7.68. The van der Waals surface area contributed by atoms with Gasteiger partial charge in [0.25, 0.3) is 5.91 Å². The first-order valence-electron chi connectivity index (χ1n) is 7.33. The van der Waals surface area contributed by atoms with Gasteiger partial charge < -0.3 is 15.4 Å². The minimum absolute atomic E-state index is 0.0305. The van der Waals surface area contributed by atoms with Gasteiger partial charge in [0, 0.05) is 24.6 Å². The molecule has 1 saturated carbocycles. The number of hydrogen-bond acceptors (Lipinski definition) is 3. The molecule has 2 N–H and O–H groups in total. The molecule has 0 spiro atoms. The average Bonchev–Trinajstić information content (AvgIpc) is 3.22. The fourth-order valence-electron chi connectivity index (χ4n) is 2.21. The number of amides is 1. The van der Waals surface area contributed by atoms with Gasteiger partial charge in [0.2, 0.25) is 0 Å². The fourth-order valence-corrected chi connectivity index (χ4v) is 2.30. The van der Waals surface area contributed by atoms with Crippen LogP contribution >= 0.6 is 12.2 Å². The van der Waals surface area contributed by atoms with E-state index < -0.39 is 0 Å². The Hall–Kier alpha value is -1.62. The molecule has 1 aromatic rings. The van der Waals surface area contributed by atoms with E-state index in [-0.39, 0.29) is 12.0 Å². The SMILES string of the molecule is CC(C)Oc1cccc(C(=O)N(CCC(N)=S)C2CC2)c1. The number of nitrogens with zero attached hydrogens (tertiary/aromatic N) is 1. The van der Waals surface area contributed by atoms with Gasteiger partial charge in [0.1, 0.15) is 5.75 Å². The minimum Gasteiger partial charge on any atom is -0.491 e. The van der Waals surface area contributed by atoms with Gasteiger partial charge in [-0.25, -0.2) is 0 Å². The minimum atomic E-state index is 0.0305. The van der Waals surface area contributed by atoms with E-state index in [2.05, 4.69) is 0 Å². The topological polar surface area (TPSA) is 55.6 Å². The van der Waals surface area contributed by atoms with Crippen molar-refractivity contribution < 1.29 is 9.53 Å². The summed E-state index contributed by atoms with van der Waals surface area (Å²) in [5.74, 6) is 0.754. The molecule has 2 rings (SSSR count). The van der Waals surface area contributed by atoms with Crippen LogP contribution in [0, 0.1) is 0 Å². The van der Waals surface area contributed by atoms with Crippen LogP contribution in [0.5, 0.6) is 5.75 Å². The molecule has 0 radical (unpaired) electrons. The predicted octanol–water partition coefficient (Wildman–Crippen LogP) is 2.75. The van der Waals surface area contributed by atoms with Crippen molar-refractivity contribution in [3.8, 4) is 5.75 Å². The maximum Gasteiger partial charge on any atom is 0.254 e. The van der Waals surface area contributed by atoms with Gasteiger partial charge in [-0.1, -0.05) is 18.3 Å². The summed E-state index contributed by atoms with van der Waals surface area (Å²) in [6.07, 6.45) is 2.78. The van der Waals surface area contributed by atoms with E-state index in [1.54, 1.807) is 6.07 Å². The normalized spacial score (nSPS) is 14.0. The smallest absolute Gasteiger partial charge is 0.254 e. The van der Waals surface area contributed by atoms with E-state index >= 15 is 0 Å². The average molecular weight is 306 g/mol. The van der Waals surface area contributed by atoms with Crippen LogP contribution in [-0.4, -0.2) is 34.5 Å². The first-order chi connectivity index (χ1) is 9.97. The Morgan fingerprint density at radius 3 is 2.76 bits per heavy atom. The van der Waals surface area contributed by atoms with Crippen molar-refractivity contribution in [2.24, 2.45) is 5.73 Å². The summed E-state index contributed by atoms with van der Waals surface area (Å²) in [4.78, 5) is 15.0. The van der Waals surface area contributed by atoms with E-state index in [0.717, 1.165) is 18.6 Å². The number of rotatable bonds is 7. The first-order valence-corrected chi connectivity index (χ1v) is 7.74. The zero-order valence-corrected chi connectivity index (χ0v) is 13.4. The van der Waals surface area contributed by atoms with Crippen LogP contribution in [0.15, 0.2) is 24.3 Å². The Bertz CT molecular complexity index is 527. The van der Waals surface area contributed by atoms with Crippen molar-refractivity contribution >= 4 is 23.1 Å². The number of carbonyl (C=O) groups excluding carboxylic acids is 1. The Labute approximate surface area is 131 Å². The molecule has 21 heavy (non-hydrogen) atoms. The summed E-state index contributed by atoms with van der Waals surface area (Å²) in [6.45, 7) is 4.52. The Balaban J connectivity index is 2.10. The van der Waals surface area contributed by atoms with Crippen LogP contribution in [0.25, 0.3) is 0 Å². The lowest BCUT2D eigenvalue weighted by molar-refractivity contribution is 0.0747. The third-order valence-electron chi connectivity index (χ3n) is 3.30. The van der Waals surface area contributed by atoms with Gasteiger partial charge in [-0.2, -0.15) is 0 Å². The molecule has 1 amide bonds. The molecule has 4 nitrogen and oxygen atoms in total. The van der Waals surface area contributed by atoms with Crippen molar-refractivity contribution in [2.75, 3.05) is 6.54 Å². The molecule has 5 heteroatoms. The lowest BCUT2D eigenvalue weighted by Gasteiger charge is -2.22. The van der Waals surface area contributed by atoms with Gasteiger partial charge in [-0.15, -0.1) is 0 Å². The molecule has 0 bridgehead atoms. The first kappa shape index (κ1) is 15.8. The van der Waals surface area contributed by atoms with Gasteiger partial charge in [-0.3, -0.25) is 4.79 Å². The Morgan fingerprint density at radius 1 is 1.48 bits per heavy atom. The molecule has 114 valence electrons. The highest BCUT2D eigenvalue weighted by atomic mass is 32.1. The third-order valence-corrected chi connectivity index (χ3v) is 3.50. The van der Waals surface area contributed by atoms with Crippen LogP contribution in [0.4, 0.5) is 0 Å². The fraction of sp³-hybridized carbons (Fsp3) is 0.500. The summed E-state index contributed by atoms with van der Waals surface area (Å²) < 4.78 is 5.65. The van der Waals surface area contributed by atoms with Crippen LogP contribution < -0.4 is 10.5 Å². The van der Waals surface area contributed by atoms with Gasteiger partial charge >= 0.3 is 0 Å². The molecule has 0 aromatic heterocycles. The summed E-state index contributed by atoms with van der Waals surface area (Å²) in [5, 5.41) is 0. The van der Waals surface area contributed by atoms with Crippen molar-refractivity contribution in [3.63, 3.8) is 0 Å². The standard InChI is InChI=1S/C16H22N2O2S/c1-11(2)20-14-5-3-4-12(10-14)16(19)18(13-6-7-13)9-8-15(17)21/h3-5,10-11,13H,6-9H2,1-2H3,(H2,17,21). The number of hydrogen-bond donors (Lipinski definition) is 1. The molecule has 0 saturated heterocycles.